The lowest BCUT2D eigenvalue weighted by molar-refractivity contribution is -0.145. The highest BCUT2D eigenvalue weighted by atomic mass is 79.9. The maximum Gasteiger partial charge on any atom is 0.310 e. The molecule has 2 unspecified atom stereocenters. The van der Waals surface area contributed by atoms with Crippen molar-refractivity contribution >= 4 is 32.8 Å². The van der Waals surface area contributed by atoms with Gasteiger partial charge >= 0.3 is 5.97 Å². The van der Waals surface area contributed by atoms with Crippen LogP contribution in [0, 0.1) is 5.92 Å². The number of pyridine rings is 1. The maximum atomic E-state index is 11.9. The minimum Gasteiger partial charge on any atom is -0.469 e. The van der Waals surface area contributed by atoms with Gasteiger partial charge in [-0.15, -0.1) is 0 Å². The first kappa shape index (κ1) is 13.5. The minimum atomic E-state index is -0.160. The summed E-state index contributed by atoms with van der Waals surface area (Å²) in [6.45, 7) is 1.43. The molecule has 104 valence electrons. The van der Waals surface area contributed by atoms with Crippen molar-refractivity contribution < 1.29 is 9.53 Å². The summed E-state index contributed by atoms with van der Waals surface area (Å²) in [7, 11) is 1.44. The van der Waals surface area contributed by atoms with E-state index in [9.17, 15) is 4.79 Å². The number of carbonyl (C=O) groups is 1. The van der Waals surface area contributed by atoms with Gasteiger partial charge in [-0.3, -0.25) is 9.78 Å². The van der Waals surface area contributed by atoms with E-state index in [0.29, 0.717) is 6.54 Å². The van der Waals surface area contributed by atoms with Crippen molar-refractivity contribution in [2.45, 2.75) is 5.92 Å². The number of hydrogen-bond acceptors (Lipinski definition) is 4. The summed E-state index contributed by atoms with van der Waals surface area (Å²) in [5.74, 6) is -0.202. The van der Waals surface area contributed by atoms with Crippen LogP contribution >= 0.6 is 15.9 Å². The highest BCUT2D eigenvalue weighted by Crippen LogP contribution is 2.35. The molecule has 0 amide bonds. The number of carbonyl (C=O) groups excluding carboxylic acids is 1. The summed E-state index contributed by atoms with van der Waals surface area (Å²) >= 11 is 3.55. The number of aromatic nitrogens is 1. The Kier molecular flexibility index (Phi) is 3.72. The number of halogens is 1. The van der Waals surface area contributed by atoms with Gasteiger partial charge < -0.3 is 10.1 Å². The van der Waals surface area contributed by atoms with E-state index in [1.54, 1.807) is 6.20 Å². The second-order valence-electron chi connectivity index (χ2n) is 4.93. The number of nitrogens with one attached hydrogen (secondary N) is 1. The van der Waals surface area contributed by atoms with E-state index < -0.39 is 0 Å². The van der Waals surface area contributed by atoms with E-state index in [2.05, 4.69) is 26.2 Å². The molecule has 0 saturated carbocycles. The van der Waals surface area contributed by atoms with Gasteiger partial charge in [0.2, 0.25) is 0 Å². The van der Waals surface area contributed by atoms with Crippen LogP contribution in [0.4, 0.5) is 0 Å². The predicted molar refractivity (Wildman–Crippen MR) is 80.6 cm³/mol. The molecule has 2 atom stereocenters. The van der Waals surface area contributed by atoms with Crippen molar-refractivity contribution in [3.05, 3.63) is 40.5 Å². The lowest BCUT2D eigenvalue weighted by atomic mass is 9.87. The second-order valence-corrected chi connectivity index (χ2v) is 5.78. The SMILES string of the molecule is COC(=O)C1CNCC1c1ccc(Br)c2cccnc12. The summed E-state index contributed by atoms with van der Waals surface area (Å²) in [6, 6.07) is 8.02. The van der Waals surface area contributed by atoms with E-state index in [1.165, 1.54) is 7.11 Å². The Bertz CT molecular complexity index is 659. The van der Waals surface area contributed by atoms with Gasteiger partial charge in [0.05, 0.1) is 18.5 Å². The number of esters is 1. The molecule has 3 rings (SSSR count). The van der Waals surface area contributed by atoms with Crippen molar-refractivity contribution in [2.75, 3.05) is 20.2 Å². The fourth-order valence-corrected chi connectivity index (χ4v) is 3.32. The summed E-state index contributed by atoms with van der Waals surface area (Å²) in [4.78, 5) is 16.4. The van der Waals surface area contributed by atoms with Crippen LogP contribution in [0.2, 0.25) is 0 Å². The summed E-state index contributed by atoms with van der Waals surface area (Å²) in [5.41, 5.74) is 2.05. The summed E-state index contributed by atoms with van der Waals surface area (Å²) < 4.78 is 5.93. The molecule has 1 saturated heterocycles. The van der Waals surface area contributed by atoms with E-state index in [-0.39, 0.29) is 17.8 Å². The highest BCUT2D eigenvalue weighted by molar-refractivity contribution is 9.10. The Morgan fingerprint density at radius 1 is 1.40 bits per heavy atom. The molecule has 2 heterocycles. The van der Waals surface area contributed by atoms with Crippen molar-refractivity contribution in [1.82, 2.24) is 10.3 Å². The molecule has 0 bridgehead atoms. The Balaban J connectivity index is 2.10. The minimum absolute atomic E-state index is 0.105. The van der Waals surface area contributed by atoms with Crippen molar-refractivity contribution in [2.24, 2.45) is 5.92 Å². The van der Waals surface area contributed by atoms with Crippen LogP contribution in [0.15, 0.2) is 34.9 Å². The number of nitrogens with zero attached hydrogens (tertiary/aromatic N) is 1. The third-order valence-corrected chi connectivity index (χ3v) is 4.56. The van der Waals surface area contributed by atoms with Gasteiger partial charge in [0.25, 0.3) is 0 Å². The molecule has 0 aliphatic carbocycles. The number of fused-ring (bicyclic) bond motifs is 1. The molecule has 1 aliphatic rings. The first-order valence-electron chi connectivity index (χ1n) is 6.54. The molecule has 4 nitrogen and oxygen atoms in total. The van der Waals surface area contributed by atoms with Gasteiger partial charge in [-0.25, -0.2) is 0 Å². The first-order valence-corrected chi connectivity index (χ1v) is 7.33. The Morgan fingerprint density at radius 3 is 3.05 bits per heavy atom. The second kappa shape index (κ2) is 5.50. The number of rotatable bonds is 2. The fourth-order valence-electron chi connectivity index (χ4n) is 2.86. The molecular weight excluding hydrogens is 320 g/mol. The topological polar surface area (TPSA) is 51.2 Å². The molecule has 5 heteroatoms. The number of methoxy groups -OCH3 is 1. The van der Waals surface area contributed by atoms with Crippen molar-refractivity contribution in [1.29, 1.82) is 0 Å². The largest absolute Gasteiger partial charge is 0.469 e. The summed E-state index contributed by atoms with van der Waals surface area (Å²) in [6.07, 6.45) is 1.79. The quantitative estimate of drug-likeness (QED) is 0.857. The molecule has 1 N–H and O–H groups in total. The van der Waals surface area contributed by atoms with Gasteiger partial charge in [-0.05, 0) is 17.7 Å². The molecule has 1 fully saturated rings. The van der Waals surface area contributed by atoms with Crippen molar-refractivity contribution in [3.8, 4) is 0 Å². The third-order valence-electron chi connectivity index (χ3n) is 3.87. The van der Waals surface area contributed by atoms with Crippen LogP contribution in [0.1, 0.15) is 11.5 Å². The molecular formula is C15H15BrN2O2. The van der Waals surface area contributed by atoms with Crippen LogP contribution in [0.25, 0.3) is 10.9 Å². The molecule has 20 heavy (non-hydrogen) atoms. The number of hydrogen-bond donors (Lipinski definition) is 1. The van der Waals surface area contributed by atoms with Gasteiger partial charge in [0.1, 0.15) is 0 Å². The van der Waals surface area contributed by atoms with Crippen LogP contribution in [0.5, 0.6) is 0 Å². The summed E-state index contributed by atoms with van der Waals surface area (Å²) in [5, 5.41) is 4.35. The fraction of sp³-hybridized carbons (Fsp3) is 0.333. The number of ether oxygens (including phenoxy) is 1. The van der Waals surface area contributed by atoms with Crippen LogP contribution < -0.4 is 5.32 Å². The smallest absolute Gasteiger partial charge is 0.310 e. The van der Waals surface area contributed by atoms with E-state index in [0.717, 1.165) is 27.5 Å². The van der Waals surface area contributed by atoms with E-state index in [4.69, 9.17) is 4.74 Å². The maximum absolute atomic E-state index is 11.9. The van der Waals surface area contributed by atoms with E-state index in [1.807, 2.05) is 24.3 Å². The van der Waals surface area contributed by atoms with Gasteiger partial charge in [0, 0.05) is 35.1 Å². The predicted octanol–water partition coefficient (Wildman–Crippen LogP) is 2.47. The Hall–Kier alpha value is -1.46. The lowest BCUT2D eigenvalue weighted by Gasteiger charge is -2.18. The molecule has 1 aromatic heterocycles. The Morgan fingerprint density at radius 2 is 2.25 bits per heavy atom. The molecule has 0 spiro atoms. The molecule has 2 aromatic rings. The lowest BCUT2D eigenvalue weighted by Crippen LogP contribution is -2.23. The average Bonchev–Trinajstić information content (AvgIpc) is 2.96. The van der Waals surface area contributed by atoms with Gasteiger partial charge in [0.15, 0.2) is 0 Å². The molecule has 0 radical (unpaired) electrons. The zero-order valence-electron chi connectivity index (χ0n) is 11.1. The average molecular weight is 335 g/mol. The molecule has 1 aliphatic heterocycles. The third kappa shape index (κ3) is 2.21. The molecule has 1 aromatic carbocycles. The first-order chi connectivity index (χ1) is 9.72. The zero-order valence-corrected chi connectivity index (χ0v) is 12.7. The van der Waals surface area contributed by atoms with Crippen LogP contribution in [-0.4, -0.2) is 31.2 Å². The zero-order chi connectivity index (χ0) is 14.1. The van der Waals surface area contributed by atoms with Crippen LogP contribution in [-0.2, 0) is 9.53 Å². The van der Waals surface area contributed by atoms with Crippen molar-refractivity contribution in [3.63, 3.8) is 0 Å². The monoisotopic (exact) mass is 334 g/mol. The van der Waals surface area contributed by atoms with Gasteiger partial charge in [-0.2, -0.15) is 0 Å². The van der Waals surface area contributed by atoms with Crippen LogP contribution in [0.3, 0.4) is 0 Å². The number of benzene rings is 1. The standard InChI is InChI=1S/C15H15BrN2O2/c1-20-15(19)12-8-17-7-11(12)9-4-5-13(16)10-3-2-6-18-14(9)10/h2-6,11-12,17H,7-8H2,1H3. The highest BCUT2D eigenvalue weighted by Gasteiger charge is 2.35. The Labute approximate surface area is 125 Å². The van der Waals surface area contributed by atoms with E-state index >= 15 is 0 Å². The normalized spacial score (nSPS) is 22.1. The van der Waals surface area contributed by atoms with Gasteiger partial charge in [-0.1, -0.05) is 28.1 Å².